The molecule has 6 rings (SSSR count). The average Bonchev–Trinajstić information content (AvgIpc) is 3.52. The van der Waals surface area contributed by atoms with Crippen molar-refractivity contribution in [1.82, 2.24) is 29.7 Å². The molecule has 5 heterocycles. The minimum atomic E-state index is 0.0977. The van der Waals surface area contributed by atoms with Crippen LogP contribution in [0.4, 0.5) is 16.3 Å². The summed E-state index contributed by atoms with van der Waals surface area (Å²) in [6.45, 7) is 3.86. The largest absolute Gasteiger partial charge is 0.378 e. The Kier molecular flexibility index (Phi) is 5.16. The highest BCUT2D eigenvalue weighted by atomic mass is 32.1. The zero-order valence-corrected chi connectivity index (χ0v) is 18.8. The second-order valence-electron chi connectivity index (χ2n) is 8.13. The number of benzene rings is 1. The molecule has 0 unspecified atom stereocenters. The molecule has 4 aromatic rings. The molecule has 0 saturated carbocycles. The molecular weight excluding hydrogens is 438 g/mol. The fourth-order valence-corrected chi connectivity index (χ4v) is 5.04. The summed E-state index contributed by atoms with van der Waals surface area (Å²) in [5.41, 5.74) is 6.80. The number of aromatic amines is 1. The quantitative estimate of drug-likeness (QED) is 0.481. The van der Waals surface area contributed by atoms with E-state index in [4.69, 9.17) is 4.74 Å². The Morgan fingerprint density at radius 3 is 2.85 bits per heavy atom. The molecule has 0 spiro atoms. The Morgan fingerprint density at radius 1 is 1.09 bits per heavy atom. The number of fused-ring (bicyclic) bond motifs is 2. The standard InChI is InChI=1S/C23H23N7O2S/c31-23(30-7-9-32-10-8-30)29-5-3-15(4-6-29)19-12-17-21(24-13-25-22(17)28-19)27-16-1-2-18-20(11-16)33-14-26-18/h1-3,11-14H,4-10H2,(H2,24,25,27,28). The number of rotatable bonds is 3. The van der Waals surface area contributed by atoms with Crippen molar-refractivity contribution in [2.75, 3.05) is 44.7 Å². The van der Waals surface area contributed by atoms with Crippen molar-refractivity contribution in [1.29, 1.82) is 0 Å². The molecule has 0 bridgehead atoms. The second kappa shape index (κ2) is 8.45. The normalized spacial score (nSPS) is 16.9. The lowest BCUT2D eigenvalue weighted by Crippen LogP contribution is -2.49. The zero-order chi connectivity index (χ0) is 22.2. The molecule has 168 valence electrons. The summed E-state index contributed by atoms with van der Waals surface area (Å²) in [5.74, 6) is 0.756. The summed E-state index contributed by atoms with van der Waals surface area (Å²) in [7, 11) is 0. The van der Waals surface area contributed by atoms with Crippen molar-refractivity contribution in [3.05, 3.63) is 47.9 Å². The fraction of sp³-hybridized carbons (Fsp3) is 0.304. The Balaban J connectivity index is 1.21. The van der Waals surface area contributed by atoms with Crippen LogP contribution in [0.1, 0.15) is 12.1 Å². The topological polar surface area (TPSA) is 99.3 Å². The summed E-state index contributed by atoms with van der Waals surface area (Å²) in [6.07, 6.45) is 4.49. The predicted molar refractivity (Wildman–Crippen MR) is 129 cm³/mol. The average molecular weight is 462 g/mol. The summed E-state index contributed by atoms with van der Waals surface area (Å²) in [6, 6.07) is 8.28. The van der Waals surface area contributed by atoms with Crippen LogP contribution in [-0.4, -0.2) is 75.2 Å². The molecule has 2 aliphatic rings. The molecule has 1 saturated heterocycles. The molecule has 3 aromatic heterocycles. The number of urea groups is 1. The van der Waals surface area contributed by atoms with Crippen LogP contribution < -0.4 is 5.32 Å². The zero-order valence-electron chi connectivity index (χ0n) is 18.0. The third-order valence-electron chi connectivity index (χ3n) is 6.13. The first-order chi connectivity index (χ1) is 16.2. The molecule has 2 N–H and O–H groups in total. The van der Waals surface area contributed by atoms with Crippen LogP contribution in [0.25, 0.3) is 26.8 Å². The van der Waals surface area contributed by atoms with Gasteiger partial charge in [-0.3, -0.25) is 0 Å². The maximum atomic E-state index is 12.7. The third-order valence-corrected chi connectivity index (χ3v) is 6.92. The van der Waals surface area contributed by atoms with E-state index in [1.165, 1.54) is 5.57 Å². The number of aromatic nitrogens is 4. The van der Waals surface area contributed by atoms with E-state index in [9.17, 15) is 4.79 Å². The van der Waals surface area contributed by atoms with Crippen LogP contribution in [-0.2, 0) is 4.74 Å². The lowest BCUT2D eigenvalue weighted by atomic mass is 10.0. The predicted octanol–water partition coefficient (Wildman–Crippen LogP) is 3.85. The van der Waals surface area contributed by atoms with E-state index in [0.717, 1.165) is 44.9 Å². The van der Waals surface area contributed by atoms with Gasteiger partial charge in [-0.05, 0) is 36.3 Å². The van der Waals surface area contributed by atoms with Gasteiger partial charge in [0, 0.05) is 37.6 Å². The summed E-state index contributed by atoms with van der Waals surface area (Å²) in [5, 5.41) is 4.36. The molecule has 33 heavy (non-hydrogen) atoms. The van der Waals surface area contributed by atoms with Gasteiger partial charge in [-0.2, -0.15) is 0 Å². The van der Waals surface area contributed by atoms with Gasteiger partial charge in [0.2, 0.25) is 0 Å². The number of hydrogen-bond acceptors (Lipinski definition) is 7. The highest BCUT2D eigenvalue weighted by molar-refractivity contribution is 7.16. The van der Waals surface area contributed by atoms with E-state index in [0.29, 0.717) is 39.4 Å². The monoisotopic (exact) mass is 461 g/mol. The molecule has 10 heteroatoms. The Hall–Kier alpha value is -3.50. The van der Waals surface area contributed by atoms with E-state index in [-0.39, 0.29) is 6.03 Å². The van der Waals surface area contributed by atoms with Crippen LogP contribution in [0, 0.1) is 0 Å². The van der Waals surface area contributed by atoms with Crippen molar-refractivity contribution in [3.63, 3.8) is 0 Å². The van der Waals surface area contributed by atoms with Crippen LogP contribution >= 0.6 is 11.3 Å². The lowest BCUT2D eigenvalue weighted by Gasteiger charge is -2.34. The molecule has 0 atom stereocenters. The molecule has 1 fully saturated rings. The van der Waals surface area contributed by atoms with Gasteiger partial charge in [0.25, 0.3) is 0 Å². The first-order valence-electron chi connectivity index (χ1n) is 11.0. The third kappa shape index (κ3) is 3.91. The maximum Gasteiger partial charge on any atom is 0.320 e. The molecule has 2 amide bonds. The lowest BCUT2D eigenvalue weighted by molar-refractivity contribution is 0.0441. The van der Waals surface area contributed by atoms with E-state index < -0.39 is 0 Å². The Morgan fingerprint density at radius 2 is 2.00 bits per heavy atom. The number of thiazole rings is 1. The van der Waals surface area contributed by atoms with Crippen LogP contribution in [0.2, 0.25) is 0 Å². The van der Waals surface area contributed by atoms with Gasteiger partial charge in [-0.1, -0.05) is 6.08 Å². The smallest absolute Gasteiger partial charge is 0.320 e. The number of carbonyl (C=O) groups is 1. The molecule has 2 aliphatic heterocycles. The number of nitrogens with one attached hydrogen (secondary N) is 2. The minimum absolute atomic E-state index is 0.0977. The molecular formula is C23H23N7O2S. The molecule has 0 aliphatic carbocycles. The number of carbonyl (C=O) groups excluding carboxylic acids is 1. The van der Waals surface area contributed by atoms with Crippen molar-refractivity contribution in [2.24, 2.45) is 0 Å². The summed E-state index contributed by atoms with van der Waals surface area (Å²) < 4.78 is 6.48. The van der Waals surface area contributed by atoms with Crippen LogP contribution in [0.3, 0.4) is 0 Å². The second-order valence-corrected chi connectivity index (χ2v) is 9.02. The summed E-state index contributed by atoms with van der Waals surface area (Å²) in [4.78, 5) is 33.2. The minimum Gasteiger partial charge on any atom is -0.378 e. The Labute approximate surface area is 194 Å². The first kappa shape index (κ1) is 20.1. The fourth-order valence-electron chi connectivity index (χ4n) is 4.32. The van der Waals surface area contributed by atoms with E-state index >= 15 is 0 Å². The van der Waals surface area contributed by atoms with E-state index in [1.54, 1.807) is 17.7 Å². The number of nitrogens with zero attached hydrogens (tertiary/aromatic N) is 5. The Bertz CT molecular complexity index is 1360. The molecule has 9 nitrogen and oxygen atoms in total. The molecule has 0 radical (unpaired) electrons. The number of H-pyrrole nitrogens is 1. The van der Waals surface area contributed by atoms with Crippen LogP contribution in [0.15, 0.2) is 42.2 Å². The number of ether oxygens (including phenoxy) is 1. The van der Waals surface area contributed by atoms with Gasteiger partial charge < -0.3 is 24.8 Å². The maximum absolute atomic E-state index is 12.7. The van der Waals surface area contributed by atoms with Gasteiger partial charge in [0.15, 0.2) is 0 Å². The van der Waals surface area contributed by atoms with Crippen molar-refractivity contribution >= 4 is 55.7 Å². The highest BCUT2D eigenvalue weighted by Crippen LogP contribution is 2.30. The van der Waals surface area contributed by atoms with E-state index in [1.807, 2.05) is 27.4 Å². The molecule has 1 aromatic carbocycles. The van der Waals surface area contributed by atoms with Crippen molar-refractivity contribution in [3.8, 4) is 0 Å². The summed E-state index contributed by atoms with van der Waals surface area (Å²) >= 11 is 1.62. The van der Waals surface area contributed by atoms with Gasteiger partial charge in [0.1, 0.15) is 17.8 Å². The highest BCUT2D eigenvalue weighted by Gasteiger charge is 2.25. The van der Waals surface area contributed by atoms with Gasteiger partial charge >= 0.3 is 6.03 Å². The number of anilines is 2. The van der Waals surface area contributed by atoms with Crippen LogP contribution in [0.5, 0.6) is 0 Å². The SMILES string of the molecule is O=C(N1CC=C(c2cc3c(Nc4ccc5ncsc5c4)ncnc3[nH]2)CC1)N1CCOCC1. The van der Waals surface area contributed by atoms with Gasteiger partial charge in [0.05, 0.1) is 34.3 Å². The number of morpholine rings is 1. The van der Waals surface area contributed by atoms with Gasteiger partial charge in [-0.25, -0.2) is 19.7 Å². The van der Waals surface area contributed by atoms with Crippen molar-refractivity contribution in [2.45, 2.75) is 6.42 Å². The van der Waals surface area contributed by atoms with Gasteiger partial charge in [-0.15, -0.1) is 11.3 Å². The number of hydrogen-bond donors (Lipinski definition) is 2. The first-order valence-corrected chi connectivity index (χ1v) is 11.9. The van der Waals surface area contributed by atoms with Crippen molar-refractivity contribution < 1.29 is 9.53 Å². The number of amides is 2. The van der Waals surface area contributed by atoms with E-state index in [2.05, 4.69) is 43.5 Å².